The number of aryl methyl sites for hydroxylation is 3. The fourth-order valence-electron chi connectivity index (χ4n) is 3.49. The highest BCUT2D eigenvalue weighted by Crippen LogP contribution is 2.17. The van der Waals surface area contributed by atoms with Crippen LogP contribution in [-0.4, -0.2) is 11.3 Å². The normalized spacial score (nSPS) is 10.8. The molecule has 1 heterocycles. The van der Waals surface area contributed by atoms with Gasteiger partial charge < -0.3 is 9.53 Å². The molecule has 0 aliphatic heterocycles. The van der Waals surface area contributed by atoms with Gasteiger partial charge in [-0.1, -0.05) is 60.7 Å². The minimum absolute atomic E-state index is 0.459. The van der Waals surface area contributed by atoms with Crippen LogP contribution in [0.4, 0.5) is 0 Å². The lowest BCUT2D eigenvalue weighted by Crippen LogP contribution is -1.99. The number of hydrogen-bond acceptors (Lipinski definition) is 3. The van der Waals surface area contributed by atoms with Gasteiger partial charge in [-0.25, -0.2) is 4.98 Å². The van der Waals surface area contributed by atoms with Crippen molar-refractivity contribution in [1.82, 2.24) is 4.98 Å². The lowest BCUT2D eigenvalue weighted by atomic mass is 10.0. The van der Waals surface area contributed by atoms with Gasteiger partial charge in [0.05, 0.1) is 11.2 Å². The van der Waals surface area contributed by atoms with E-state index in [0.29, 0.717) is 13.0 Å². The average Bonchev–Trinajstić information content (AvgIpc) is 2.81. The Morgan fingerprint density at radius 3 is 2.03 bits per heavy atom. The van der Waals surface area contributed by atoms with E-state index in [2.05, 4.69) is 53.5 Å². The number of fused-ring (bicyclic) bond motifs is 1. The fraction of sp³-hybridized carbons (Fsp3) is 0.185. The lowest BCUT2D eigenvalue weighted by molar-refractivity contribution is -0.107. The first kappa shape index (κ1) is 19.8. The third-order valence-corrected chi connectivity index (χ3v) is 5.24. The molecule has 0 aliphatic rings. The monoisotopic (exact) mass is 395 g/mol. The smallest absolute Gasteiger partial charge is 0.130 e. The van der Waals surface area contributed by atoms with Crippen molar-refractivity contribution in [2.45, 2.75) is 32.3 Å². The number of carbonyl (C=O) groups is 1. The predicted octanol–water partition coefficient (Wildman–Crippen LogP) is 5.73. The van der Waals surface area contributed by atoms with E-state index in [0.717, 1.165) is 47.9 Å². The van der Waals surface area contributed by atoms with Crippen LogP contribution < -0.4 is 4.74 Å². The molecule has 4 rings (SSSR count). The molecule has 4 aromatic rings. The van der Waals surface area contributed by atoms with Gasteiger partial charge in [0, 0.05) is 11.8 Å². The third kappa shape index (κ3) is 5.32. The zero-order chi connectivity index (χ0) is 20.6. The maximum atomic E-state index is 10.5. The summed E-state index contributed by atoms with van der Waals surface area (Å²) in [5.41, 5.74) is 5.73. The van der Waals surface area contributed by atoms with Crippen molar-refractivity contribution in [3.05, 3.63) is 107 Å². The van der Waals surface area contributed by atoms with Crippen LogP contribution in [0.1, 0.15) is 28.8 Å². The molecule has 0 saturated carbocycles. The quantitative estimate of drug-likeness (QED) is 0.340. The van der Waals surface area contributed by atoms with E-state index in [1.54, 1.807) is 0 Å². The molecule has 30 heavy (non-hydrogen) atoms. The molecule has 0 radical (unpaired) electrons. The molecule has 150 valence electrons. The minimum atomic E-state index is 0.459. The van der Waals surface area contributed by atoms with Crippen LogP contribution in [0.15, 0.2) is 84.9 Å². The highest BCUT2D eigenvalue weighted by Gasteiger charge is 2.02. The third-order valence-electron chi connectivity index (χ3n) is 5.24. The summed E-state index contributed by atoms with van der Waals surface area (Å²) < 4.78 is 5.92. The maximum Gasteiger partial charge on any atom is 0.130 e. The molecular weight excluding hydrogens is 370 g/mol. The Hall–Kier alpha value is -3.46. The zero-order valence-electron chi connectivity index (χ0n) is 17.0. The molecule has 3 aromatic carbocycles. The number of aldehydes is 1. The summed E-state index contributed by atoms with van der Waals surface area (Å²) in [5, 5.41) is 1.14. The van der Waals surface area contributed by atoms with Crippen LogP contribution in [0.5, 0.6) is 5.75 Å². The van der Waals surface area contributed by atoms with Crippen molar-refractivity contribution in [1.29, 1.82) is 0 Å². The second-order valence-corrected chi connectivity index (χ2v) is 7.45. The summed E-state index contributed by atoms with van der Waals surface area (Å²) >= 11 is 0. The number of carbonyl (C=O) groups excluding carboxylic acids is 1. The van der Waals surface area contributed by atoms with Crippen LogP contribution in [0.2, 0.25) is 0 Å². The molecule has 1 aromatic heterocycles. The standard InChI is InChI=1S/C27H25NO2/c29-19-3-4-21-7-9-22(10-8-21)11-12-23-13-17-26(18-14-23)30-20-25-16-15-24-5-1-2-6-27(24)28-25/h1-2,5-10,13-19H,3-4,11-12,20H2. The first-order valence-corrected chi connectivity index (χ1v) is 10.4. The van der Waals surface area contributed by atoms with Gasteiger partial charge in [0.25, 0.3) is 0 Å². The second-order valence-electron chi connectivity index (χ2n) is 7.45. The van der Waals surface area contributed by atoms with Gasteiger partial charge in [0.2, 0.25) is 0 Å². The molecular formula is C27H25NO2. The SMILES string of the molecule is O=CCCc1ccc(CCc2ccc(OCc3ccc4ccccc4n3)cc2)cc1. The number of nitrogens with zero attached hydrogens (tertiary/aromatic N) is 1. The Balaban J connectivity index is 1.28. The maximum absolute atomic E-state index is 10.5. The molecule has 0 aliphatic carbocycles. The number of ether oxygens (including phenoxy) is 1. The molecule has 0 unspecified atom stereocenters. The summed E-state index contributed by atoms with van der Waals surface area (Å²) in [7, 11) is 0. The van der Waals surface area contributed by atoms with Crippen LogP contribution in [0.3, 0.4) is 0 Å². The van der Waals surface area contributed by atoms with Crippen LogP contribution in [0.25, 0.3) is 10.9 Å². The Bertz CT molecular complexity index is 1100. The number of para-hydroxylation sites is 1. The van der Waals surface area contributed by atoms with Gasteiger partial charge in [0.15, 0.2) is 0 Å². The highest BCUT2D eigenvalue weighted by molar-refractivity contribution is 5.78. The molecule has 0 atom stereocenters. The number of rotatable bonds is 9. The van der Waals surface area contributed by atoms with Gasteiger partial charge in [-0.3, -0.25) is 0 Å². The molecule has 0 N–H and O–H groups in total. The van der Waals surface area contributed by atoms with Crippen molar-refractivity contribution < 1.29 is 9.53 Å². The summed E-state index contributed by atoms with van der Waals surface area (Å²) in [6.45, 7) is 0.459. The van der Waals surface area contributed by atoms with Gasteiger partial charge >= 0.3 is 0 Å². The van der Waals surface area contributed by atoms with Crippen LogP contribution in [-0.2, 0) is 30.7 Å². The number of aromatic nitrogens is 1. The van der Waals surface area contributed by atoms with E-state index < -0.39 is 0 Å². The van der Waals surface area contributed by atoms with Crippen LogP contribution in [0, 0.1) is 0 Å². The lowest BCUT2D eigenvalue weighted by Gasteiger charge is -2.08. The molecule has 0 bridgehead atoms. The van der Waals surface area contributed by atoms with E-state index in [1.165, 1.54) is 16.7 Å². The molecule has 0 spiro atoms. The summed E-state index contributed by atoms with van der Waals surface area (Å²) in [5.74, 6) is 0.855. The highest BCUT2D eigenvalue weighted by atomic mass is 16.5. The topological polar surface area (TPSA) is 39.2 Å². The average molecular weight is 396 g/mol. The van der Waals surface area contributed by atoms with E-state index in [9.17, 15) is 4.79 Å². The van der Waals surface area contributed by atoms with Crippen molar-refractivity contribution >= 4 is 17.2 Å². The number of hydrogen-bond donors (Lipinski definition) is 0. The second kappa shape index (κ2) is 9.84. The summed E-state index contributed by atoms with van der Waals surface area (Å²) in [6.07, 6.45) is 4.36. The van der Waals surface area contributed by atoms with E-state index >= 15 is 0 Å². The van der Waals surface area contributed by atoms with Crippen molar-refractivity contribution in [2.75, 3.05) is 0 Å². The molecule has 3 heteroatoms. The van der Waals surface area contributed by atoms with Gasteiger partial charge in [0.1, 0.15) is 18.6 Å². The minimum Gasteiger partial charge on any atom is -0.487 e. The van der Waals surface area contributed by atoms with Crippen molar-refractivity contribution in [3.63, 3.8) is 0 Å². The predicted molar refractivity (Wildman–Crippen MR) is 121 cm³/mol. The van der Waals surface area contributed by atoms with Gasteiger partial charge in [-0.05, 0) is 60.2 Å². The largest absolute Gasteiger partial charge is 0.487 e. The van der Waals surface area contributed by atoms with Crippen molar-refractivity contribution in [2.24, 2.45) is 0 Å². The molecule has 0 amide bonds. The Labute approximate surface area is 177 Å². The first-order valence-electron chi connectivity index (χ1n) is 10.4. The van der Waals surface area contributed by atoms with E-state index in [4.69, 9.17) is 4.74 Å². The molecule has 0 saturated heterocycles. The fourth-order valence-corrected chi connectivity index (χ4v) is 3.49. The van der Waals surface area contributed by atoms with Gasteiger partial charge in [-0.2, -0.15) is 0 Å². The Kier molecular flexibility index (Phi) is 6.51. The summed E-state index contributed by atoms with van der Waals surface area (Å²) in [4.78, 5) is 15.1. The summed E-state index contributed by atoms with van der Waals surface area (Å²) in [6, 6.07) is 29.1. The van der Waals surface area contributed by atoms with E-state index in [-0.39, 0.29) is 0 Å². The molecule has 0 fully saturated rings. The van der Waals surface area contributed by atoms with Crippen LogP contribution >= 0.6 is 0 Å². The molecule has 3 nitrogen and oxygen atoms in total. The van der Waals surface area contributed by atoms with Crippen molar-refractivity contribution in [3.8, 4) is 5.75 Å². The first-order chi connectivity index (χ1) is 14.8. The Morgan fingerprint density at radius 1 is 0.700 bits per heavy atom. The Morgan fingerprint density at radius 2 is 1.33 bits per heavy atom. The zero-order valence-corrected chi connectivity index (χ0v) is 17.0. The number of benzene rings is 3. The van der Waals surface area contributed by atoms with Gasteiger partial charge in [-0.15, -0.1) is 0 Å². The van der Waals surface area contributed by atoms with E-state index in [1.807, 2.05) is 36.4 Å². The number of pyridine rings is 1.